The number of piperidine rings is 1. The van der Waals surface area contributed by atoms with Gasteiger partial charge in [-0.2, -0.15) is 0 Å². The first kappa shape index (κ1) is 22.6. The second-order valence-corrected chi connectivity index (χ2v) is 8.69. The van der Waals surface area contributed by atoms with E-state index < -0.39 is 17.8 Å². The van der Waals surface area contributed by atoms with Crippen molar-refractivity contribution in [2.75, 3.05) is 13.1 Å². The van der Waals surface area contributed by atoms with Gasteiger partial charge in [0.25, 0.3) is 0 Å². The first-order chi connectivity index (χ1) is 14.7. The van der Waals surface area contributed by atoms with Crippen LogP contribution in [0.3, 0.4) is 0 Å². The highest BCUT2D eigenvalue weighted by Crippen LogP contribution is 2.29. The van der Waals surface area contributed by atoms with Crippen LogP contribution in [0.25, 0.3) is 0 Å². The lowest BCUT2D eigenvalue weighted by Crippen LogP contribution is -2.52. The molecule has 2 atom stereocenters. The van der Waals surface area contributed by atoms with Gasteiger partial charge in [0.1, 0.15) is 18.0 Å². The number of likely N-dealkylation sites (tertiary alicyclic amines) is 1. The third kappa shape index (κ3) is 6.70. The van der Waals surface area contributed by atoms with Crippen molar-refractivity contribution >= 4 is 12.2 Å². The first-order valence-electron chi connectivity index (χ1n) is 10.4. The molecule has 2 aromatic carbocycles. The van der Waals surface area contributed by atoms with E-state index in [1.165, 1.54) is 12.1 Å². The fourth-order valence-corrected chi connectivity index (χ4v) is 3.58. The second kappa shape index (κ2) is 9.81. The van der Waals surface area contributed by atoms with E-state index in [9.17, 15) is 14.0 Å². The molecule has 0 radical (unpaired) electrons. The van der Waals surface area contributed by atoms with Gasteiger partial charge in [-0.15, -0.1) is 0 Å². The van der Waals surface area contributed by atoms with E-state index in [2.05, 4.69) is 5.32 Å². The van der Waals surface area contributed by atoms with E-state index in [0.29, 0.717) is 19.5 Å². The van der Waals surface area contributed by atoms with E-state index in [4.69, 9.17) is 9.47 Å². The average Bonchev–Trinajstić information content (AvgIpc) is 2.73. The Labute approximate surface area is 182 Å². The molecule has 1 aliphatic rings. The lowest BCUT2D eigenvalue weighted by Gasteiger charge is -2.39. The minimum absolute atomic E-state index is 0.171. The Balaban J connectivity index is 1.68. The number of rotatable bonds is 4. The highest BCUT2D eigenvalue weighted by Gasteiger charge is 2.35. The molecule has 6 nitrogen and oxygen atoms in total. The fourth-order valence-electron chi connectivity index (χ4n) is 3.58. The van der Waals surface area contributed by atoms with Gasteiger partial charge in [-0.05, 0) is 50.5 Å². The Hall–Kier alpha value is -3.09. The molecule has 0 aromatic heterocycles. The minimum atomic E-state index is -0.598. The quantitative estimate of drug-likeness (QED) is 0.756. The Kier molecular flexibility index (Phi) is 7.15. The van der Waals surface area contributed by atoms with E-state index in [-0.39, 0.29) is 24.4 Å². The molecule has 1 heterocycles. The predicted octanol–water partition coefficient (Wildman–Crippen LogP) is 4.85. The molecule has 7 heteroatoms. The van der Waals surface area contributed by atoms with Crippen molar-refractivity contribution in [1.29, 1.82) is 0 Å². The number of nitrogens with zero attached hydrogens (tertiary/aromatic N) is 1. The van der Waals surface area contributed by atoms with Gasteiger partial charge in [0, 0.05) is 25.0 Å². The molecule has 0 aliphatic carbocycles. The molecule has 2 aromatic rings. The van der Waals surface area contributed by atoms with Crippen LogP contribution in [0.4, 0.5) is 14.0 Å². The summed E-state index contributed by atoms with van der Waals surface area (Å²) in [6, 6.07) is 15.3. The van der Waals surface area contributed by atoms with Crippen LogP contribution >= 0.6 is 0 Å². The van der Waals surface area contributed by atoms with E-state index >= 15 is 0 Å². The molecule has 2 unspecified atom stereocenters. The standard InChI is InChI=1S/C24H29FN2O4/c1-24(2,3)31-23(29)27-14-13-21(20(15-27)18-9-11-19(25)12-10-18)26-22(28)30-16-17-7-5-4-6-8-17/h4-12,20-21H,13-16H2,1-3H3,(H,26,28). The molecule has 1 fully saturated rings. The normalized spacial score (nSPS) is 18.9. The van der Waals surface area contributed by atoms with Gasteiger partial charge in [-0.25, -0.2) is 14.0 Å². The van der Waals surface area contributed by atoms with E-state index in [1.807, 2.05) is 51.1 Å². The van der Waals surface area contributed by atoms with Gasteiger partial charge >= 0.3 is 12.2 Å². The maximum Gasteiger partial charge on any atom is 0.410 e. The molecule has 31 heavy (non-hydrogen) atoms. The summed E-state index contributed by atoms with van der Waals surface area (Å²) < 4.78 is 24.3. The Morgan fingerprint density at radius 3 is 2.42 bits per heavy atom. The van der Waals surface area contributed by atoms with Crippen LogP contribution in [0.15, 0.2) is 54.6 Å². The number of benzene rings is 2. The molecule has 1 N–H and O–H groups in total. The number of carbonyl (C=O) groups excluding carboxylic acids is 2. The van der Waals surface area contributed by atoms with Crippen LogP contribution in [-0.4, -0.2) is 41.8 Å². The third-order valence-electron chi connectivity index (χ3n) is 5.08. The summed E-state index contributed by atoms with van der Waals surface area (Å²) in [5, 5.41) is 2.93. The summed E-state index contributed by atoms with van der Waals surface area (Å²) in [7, 11) is 0. The smallest absolute Gasteiger partial charge is 0.410 e. The van der Waals surface area contributed by atoms with Gasteiger partial charge in [-0.3, -0.25) is 0 Å². The zero-order valence-electron chi connectivity index (χ0n) is 18.1. The molecule has 0 bridgehead atoms. The molecule has 1 aliphatic heterocycles. The van der Waals surface area contributed by atoms with Gasteiger partial charge in [0.05, 0.1) is 0 Å². The zero-order valence-corrected chi connectivity index (χ0v) is 18.1. The van der Waals surface area contributed by atoms with Crippen molar-refractivity contribution in [2.24, 2.45) is 0 Å². The topological polar surface area (TPSA) is 67.9 Å². The highest BCUT2D eigenvalue weighted by molar-refractivity contribution is 5.69. The van der Waals surface area contributed by atoms with E-state index in [0.717, 1.165) is 11.1 Å². The third-order valence-corrected chi connectivity index (χ3v) is 5.08. The number of hydrogen-bond donors (Lipinski definition) is 1. The average molecular weight is 429 g/mol. The molecular weight excluding hydrogens is 399 g/mol. The lowest BCUT2D eigenvalue weighted by atomic mass is 9.86. The summed E-state index contributed by atoms with van der Waals surface area (Å²) in [5.41, 5.74) is 1.13. The van der Waals surface area contributed by atoms with Gasteiger partial charge in [0.2, 0.25) is 0 Å². The van der Waals surface area contributed by atoms with Crippen molar-refractivity contribution in [2.45, 2.75) is 51.4 Å². The zero-order chi connectivity index (χ0) is 22.4. The Morgan fingerprint density at radius 1 is 1.10 bits per heavy atom. The fraction of sp³-hybridized carbons (Fsp3) is 0.417. The van der Waals surface area contributed by atoms with E-state index in [1.54, 1.807) is 17.0 Å². The number of halogens is 1. The van der Waals surface area contributed by atoms with Crippen LogP contribution in [0.2, 0.25) is 0 Å². The number of alkyl carbamates (subject to hydrolysis) is 1. The van der Waals surface area contributed by atoms with Gasteiger partial charge in [-0.1, -0.05) is 42.5 Å². The van der Waals surface area contributed by atoms with Crippen molar-refractivity contribution in [3.05, 3.63) is 71.5 Å². The largest absolute Gasteiger partial charge is 0.445 e. The molecule has 2 amide bonds. The number of carbonyl (C=O) groups is 2. The van der Waals surface area contributed by atoms with Crippen molar-refractivity contribution in [3.63, 3.8) is 0 Å². The Bertz CT molecular complexity index is 881. The van der Waals surface area contributed by atoms with Crippen LogP contribution < -0.4 is 5.32 Å². The monoisotopic (exact) mass is 428 g/mol. The Morgan fingerprint density at radius 2 is 1.77 bits per heavy atom. The lowest BCUT2D eigenvalue weighted by molar-refractivity contribution is 0.0175. The van der Waals surface area contributed by atoms with Crippen LogP contribution in [0.5, 0.6) is 0 Å². The minimum Gasteiger partial charge on any atom is -0.445 e. The number of nitrogens with one attached hydrogen (secondary N) is 1. The predicted molar refractivity (Wildman–Crippen MR) is 115 cm³/mol. The molecule has 166 valence electrons. The maximum atomic E-state index is 13.4. The molecule has 0 spiro atoms. The molecule has 3 rings (SSSR count). The molecule has 0 saturated carbocycles. The number of amides is 2. The summed E-state index contributed by atoms with van der Waals surface area (Å²) >= 11 is 0. The maximum absolute atomic E-state index is 13.4. The van der Waals surface area contributed by atoms with Crippen molar-refractivity contribution in [3.8, 4) is 0 Å². The summed E-state index contributed by atoms with van der Waals surface area (Å²) in [6.07, 6.45) is -0.391. The van der Waals surface area contributed by atoms with Crippen LogP contribution in [0, 0.1) is 5.82 Å². The summed E-state index contributed by atoms with van der Waals surface area (Å²) in [6.45, 7) is 6.42. The first-order valence-corrected chi connectivity index (χ1v) is 10.4. The van der Waals surface area contributed by atoms with Crippen molar-refractivity contribution < 1.29 is 23.5 Å². The molecular formula is C24H29FN2O4. The molecule has 1 saturated heterocycles. The van der Waals surface area contributed by atoms with Crippen LogP contribution in [0.1, 0.15) is 44.2 Å². The summed E-state index contributed by atoms with van der Waals surface area (Å²) in [4.78, 5) is 26.6. The number of hydrogen-bond acceptors (Lipinski definition) is 4. The highest BCUT2D eigenvalue weighted by atomic mass is 19.1. The summed E-state index contributed by atoms with van der Waals surface area (Å²) in [5.74, 6) is -0.554. The number of ether oxygens (including phenoxy) is 2. The van der Waals surface area contributed by atoms with Gasteiger partial charge in [0.15, 0.2) is 0 Å². The second-order valence-electron chi connectivity index (χ2n) is 8.69. The van der Waals surface area contributed by atoms with Crippen molar-refractivity contribution in [1.82, 2.24) is 10.2 Å². The SMILES string of the molecule is CC(C)(C)OC(=O)N1CCC(NC(=O)OCc2ccccc2)C(c2ccc(F)cc2)C1. The van der Waals surface area contributed by atoms with Crippen LogP contribution in [-0.2, 0) is 16.1 Å². The van der Waals surface area contributed by atoms with Gasteiger partial charge < -0.3 is 19.7 Å².